The summed E-state index contributed by atoms with van der Waals surface area (Å²) >= 11 is 3.42. The average Bonchev–Trinajstić information content (AvgIpc) is 2.79. The van der Waals surface area contributed by atoms with Gasteiger partial charge in [-0.1, -0.05) is 22.0 Å². The summed E-state index contributed by atoms with van der Waals surface area (Å²) in [5.41, 5.74) is 1.69. The topological polar surface area (TPSA) is 66.3 Å². The summed E-state index contributed by atoms with van der Waals surface area (Å²) in [6.45, 7) is 0.590. The maximum atomic E-state index is 11.8. The number of rotatable bonds is 1. The van der Waals surface area contributed by atoms with Gasteiger partial charge in [-0.3, -0.25) is 9.78 Å². The van der Waals surface area contributed by atoms with Gasteiger partial charge in [0.2, 0.25) is 5.91 Å². The number of benzene rings is 1. The van der Waals surface area contributed by atoms with Crippen LogP contribution in [0.2, 0.25) is 0 Å². The molecule has 1 amide bonds. The van der Waals surface area contributed by atoms with Crippen LogP contribution in [-0.2, 0) is 4.79 Å². The first kappa shape index (κ1) is 10.6. The van der Waals surface area contributed by atoms with Gasteiger partial charge >= 0.3 is 5.76 Å². The van der Waals surface area contributed by atoms with Crippen LogP contribution in [0.1, 0.15) is 6.42 Å². The van der Waals surface area contributed by atoms with Crippen molar-refractivity contribution in [2.45, 2.75) is 11.2 Å². The van der Waals surface area contributed by atoms with Gasteiger partial charge in [-0.15, -0.1) is 0 Å². The third-order valence-corrected chi connectivity index (χ3v) is 3.41. The predicted octanol–water partition coefficient (Wildman–Crippen LogP) is 1.62. The molecule has 1 aliphatic heterocycles. The first-order valence-corrected chi connectivity index (χ1v) is 6.13. The molecule has 6 heteroatoms. The molecule has 5 nitrogen and oxygen atoms in total. The number of carbonyl (C=O) groups is 1. The molecule has 0 spiro atoms. The highest BCUT2D eigenvalue weighted by atomic mass is 79.9. The van der Waals surface area contributed by atoms with E-state index in [1.54, 1.807) is 23.1 Å². The molecule has 1 unspecified atom stereocenters. The van der Waals surface area contributed by atoms with Crippen LogP contribution in [0.25, 0.3) is 11.1 Å². The fourth-order valence-corrected chi connectivity index (χ4v) is 2.63. The Kier molecular flexibility index (Phi) is 2.32. The number of nitrogens with one attached hydrogen (secondary N) is 1. The molecule has 0 bridgehead atoms. The first-order valence-electron chi connectivity index (χ1n) is 5.21. The van der Waals surface area contributed by atoms with E-state index in [1.165, 1.54) is 0 Å². The van der Waals surface area contributed by atoms with E-state index in [4.69, 9.17) is 4.42 Å². The number of fused-ring (bicyclic) bond motifs is 1. The van der Waals surface area contributed by atoms with E-state index in [-0.39, 0.29) is 10.7 Å². The van der Waals surface area contributed by atoms with Crippen molar-refractivity contribution < 1.29 is 9.21 Å². The van der Waals surface area contributed by atoms with E-state index in [0.29, 0.717) is 29.8 Å². The SMILES string of the molecule is O=C1CC(Br)CN1c1cccc2[nH]c(=O)oc12. The molecular weight excluding hydrogens is 288 g/mol. The summed E-state index contributed by atoms with van der Waals surface area (Å²) < 4.78 is 5.07. The average molecular weight is 297 g/mol. The zero-order valence-corrected chi connectivity index (χ0v) is 10.4. The zero-order valence-electron chi connectivity index (χ0n) is 8.77. The molecule has 1 N–H and O–H groups in total. The highest BCUT2D eigenvalue weighted by Crippen LogP contribution is 2.30. The summed E-state index contributed by atoms with van der Waals surface area (Å²) in [7, 11) is 0. The summed E-state index contributed by atoms with van der Waals surface area (Å²) in [6, 6.07) is 5.32. The number of nitrogens with zero attached hydrogens (tertiary/aromatic N) is 1. The minimum absolute atomic E-state index is 0.0308. The van der Waals surface area contributed by atoms with Crippen LogP contribution in [0.5, 0.6) is 0 Å². The Morgan fingerprint density at radius 1 is 1.41 bits per heavy atom. The van der Waals surface area contributed by atoms with Crippen LogP contribution < -0.4 is 10.7 Å². The molecule has 88 valence electrons. The van der Waals surface area contributed by atoms with Crippen LogP contribution >= 0.6 is 15.9 Å². The van der Waals surface area contributed by atoms with Crippen LogP contribution in [0.4, 0.5) is 5.69 Å². The summed E-state index contributed by atoms with van der Waals surface area (Å²) in [4.78, 5) is 27.3. The molecule has 1 aromatic carbocycles. The van der Waals surface area contributed by atoms with Gasteiger partial charge < -0.3 is 9.32 Å². The van der Waals surface area contributed by atoms with Gasteiger partial charge in [-0.25, -0.2) is 4.79 Å². The van der Waals surface area contributed by atoms with Crippen molar-refractivity contribution >= 4 is 38.6 Å². The van der Waals surface area contributed by atoms with Crippen LogP contribution in [0.15, 0.2) is 27.4 Å². The smallest absolute Gasteiger partial charge is 0.406 e. The minimum atomic E-state index is -0.505. The molecule has 0 saturated carbocycles. The second-order valence-corrected chi connectivity index (χ2v) is 5.27. The van der Waals surface area contributed by atoms with Crippen LogP contribution in [0, 0.1) is 0 Å². The van der Waals surface area contributed by atoms with E-state index in [2.05, 4.69) is 20.9 Å². The van der Waals surface area contributed by atoms with Crippen molar-refractivity contribution in [1.82, 2.24) is 4.98 Å². The molecule has 17 heavy (non-hydrogen) atoms. The molecule has 2 heterocycles. The predicted molar refractivity (Wildman–Crippen MR) is 66.5 cm³/mol. The van der Waals surface area contributed by atoms with Crippen molar-refractivity contribution in [3.05, 3.63) is 28.7 Å². The number of hydrogen-bond donors (Lipinski definition) is 1. The second-order valence-electron chi connectivity index (χ2n) is 3.97. The van der Waals surface area contributed by atoms with Crippen molar-refractivity contribution in [1.29, 1.82) is 0 Å². The number of H-pyrrole nitrogens is 1. The van der Waals surface area contributed by atoms with Crippen molar-refractivity contribution in [2.24, 2.45) is 0 Å². The minimum Gasteiger partial charge on any atom is -0.406 e. The highest BCUT2D eigenvalue weighted by Gasteiger charge is 2.30. The second kappa shape index (κ2) is 3.73. The Balaban J connectivity index is 2.17. The Morgan fingerprint density at radius 3 is 2.94 bits per heavy atom. The number of amides is 1. The van der Waals surface area contributed by atoms with Gasteiger partial charge in [-0.2, -0.15) is 0 Å². The molecule has 0 aliphatic carbocycles. The van der Waals surface area contributed by atoms with Gasteiger partial charge in [0.25, 0.3) is 0 Å². The molecule has 0 radical (unpaired) electrons. The zero-order chi connectivity index (χ0) is 12.0. The number of oxazole rings is 1. The normalized spacial score (nSPS) is 20.4. The largest absolute Gasteiger partial charge is 0.417 e. The van der Waals surface area contributed by atoms with Gasteiger partial charge in [0.05, 0.1) is 11.2 Å². The number of alkyl halides is 1. The number of aromatic amines is 1. The molecule has 1 aliphatic rings. The van der Waals surface area contributed by atoms with E-state index < -0.39 is 5.76 Å². The van der Waals surface area contributed by atoms with Gasteiger partial charge in [0.15, 0.2) is 5.58 Å². The van der Waals surface area contributed by atoms with E-state index in [1.807, 2.05) is 0 Å². The lowest BCUT2D eigenvalue weighted by Gasteiger charge is -2.15. The Labute approximate surface area is 105 Å². The number of aromatic nitrogens is 1. The molecule has 2 aromatic rings. The molecular formula is C11H9BrN2O3. The Morgan fingerprint density at radius 2 is 2.24 bits per heavy atom. The number of halogens is 1. The lowest BCUT2D eigenvalue weighted by atomic mass is 10.2. The first-order chi connectivity index (χ1) is 8.15. The van der Waals surface area contributed by atoms with Gasteiger partial charge in [0.1, 0.15) is 0 Å². The fraction of sp³-hybridized carbons (Fsp3) is 0.273. The Hall–Kier alpha value is -1.56. The van der Waals surface area contributed by atoms with Crippen molar-refractivity contribution in [3.8, 4) is 0 Å². The molecule has 1 atom stereocenters. The third-order valence-electron chi connectivity index (χ3n) is 2.79. The standard InChI is InChI=1S/C11H9BrN2O3/c12-6-4-9(15)14(5-6)8-3-1-2-7-10(8)17-11(16)13-7/h1-3,6H,4-5H2,(H,13,16). The summed E-state index contributed by atoms with van der Waals surface area (Å²) in [5.74, 6) is -0.474. The third kappa shape index (κ3) is 1.68. The quantitative estimate of drug-likeness (QED) is 0.813. The highest BCUT2D eigenvalue weighted by molar-refractivity contribution is 9.09. The number of hydrogen-bond acceptors (Lipinski definition) is 3. The molecule has 3 rings (SSSR count). The van der Waals surface area contributed by atoms with E-state index >= 15 is 0 Å². The maximum Gasteiger partial charge on any atom is 0.417 e. The van der Waals surface area contributed by atoms with Crippen LogP contribution in [0.3, 0.4) is 0 Å². The van der Waals surface area contributed by atoms with Gasteiger partial charge in [-0.05, 0) is 12.1 Å². The summed E-state index contributed by atoms with van der Waals surface area (Å²) in [6.07, 6.45) is 0.463. The number of para-hydroxylation sites is 1. The number of anilines is 1. The monoisotopic (exact) mass is 296 g/mol. The van der Waals surface area contributed by atoms with Crippen molar-refractivity contribution in [3.63, 3.8) is 0 Å². The lowest BCUT2D eigenvalue weighted by Crippen LogP contribution is -2.24. The van der Waals surface area contributed by atoms with Crippen LogP contribution in [-0.4, -0.2) is 22.3 Å². The Bertz CT molecular complexity index is 645. The molecule has 1 aromatic heterocycles. The van der Waals surface area contributed by atoms with E-state index in [9.17, 15) is 9.59 Å². The van der Waals surface area contributed by atoms with Gasteiger partial charge in [0, 0.05) is 17.8 Å². The maximum absolute atomic E-state index is 11.8. The number of carbonyl (C=O) groups excluding carboxylic acids is 1. The van der Waals surface area contributed by atoms with Crippen molar-refractivity contribution in [2.75, 3.05) is 11.4 Å². The molecule has 1 fully saturated rings. The molecule has 1 saturated heterocycles. The summed E-state index contributed by atoms with van der Waals surface area (Å²) in [5, 5.41) is 0. The lowest BCUT2D eigenvalue weighted by molar-refractivity contribution is -0.117. The fourth-order valence-electron chi connectivity index (χ4n) is 2.07. The van der Waals surface area contributed by atoms with E-state index in [0.717, 1.165) is 0 Å².